The lowest BCUT2D eigenvalue weighted by atomic mass is 9.93. The second kappa shape index (κ2) is 19.7. The zero-order valence-corrected chi connectivity index (χ0v) is 43.4. The molecule has 0 aliphatic heterocycles. The molecule has 3 aromatic heterocycles. The summed E-state index contributed by atoms with van der Waals surface area (Å²) >= 11 is 0. The van der Waals surface area contributed by atoms with Crippen LogP contribution in [0.4, 0.5) is 0 Å². The van der Waals surface area contributed by atoms with E-state index in [1.165, 1.54) is 55.2 Å². The zero-order chi connectivity index (χ0) is 52.9. The molecule has 0 saturated heterocycles. The molecule has 374 valence electrons. The largest absolute Gasteiger partial charge is 0.455 e. The topological polar surface area (TPSA) is 56.7 Å². The molecule has 80 heavy (non-hydrogen) atoms. The van der Waals surface area contributed by atoms with Gasteiger partial charge >= 0.3 is 0 Å². The maximum Gasteiger partial charge on any atom is 0.164 e. The Bertz CT molecular complexity index is 4750. The molecule has 0 aliphatic carbocycles. The van der Waals surface area contributed by atoms with Crippen LogP contribution < -0.4 is 0 Å². The number of rotatable bonds is 10. The van der Waals surface area contributed by atoms with Gasteiger partial charge < -0.3 is 8.98 Å². The Morgan fingerprint density at radius 1 is 0.237 bits per heavy atom. The summed E-state index contributed by atoms with van der Waals surface area (Å²) in [5.41, 5.74) is 21.5. The average molecular weight is 1020 g/mol. The van der Waals surface area contributed by atoms with Gasteiger partial charge in [0.15, 0.2) is 17.5 Å². The highest BCUT2D eigenvalue weighted by molar-refractivity contribution is 6.12. The van der Waals surface area contributed by atoms with Crippen molar-refractivity contribution in [2.45, 2.75) is 0 Å². The van der Waals surface area contributed by atoms with Crippen LogP contribution in [0.1, 0.15) is 0 Å². The van der Waals surface area contributed by atoms with Gasteiger partial charge in [-0.3, -0.25) is 0 Å². The molecule has 15 aromatic rings. The minimum atomic E-state index is 0.599. The van der Waals surface area contributed by atoms with E-state index in [9.17, 15) is 0 Å². The smallest absolute Gasteiger partial charge is 0.164 e. The average Bonchev–Trinajstić information content (AvgIpc) is 4.13. The molecule has 5 heteroatoms. The van der Waals surface area contributed by atoms with Gasteiger partial charge in [0.1, 0.15) is 11.2 Å². The Labute approximate surface area is 463 Å². The molecule has 0 spiro atoms. The van der Waals surface area contributed by atoms with Crippen LogP contribution in [0.15, 0.2) is 296 Å². The maximum absolute atomic E-state index is 6.73. The first-order valence-corrected chi connectivity index (χ1v) is 27.1. The fourth-order valence-electron chi connectivity index (χ4n) is 11.5. The highest BCUT2D eigenvalue weighted by atomic mass is 16.3. The van der Waals surface area contributed by atoms with Gasteiger partial charge in [-0.25, -0.2) is 15.0 Å². The molecule has 0 amide bonds. The zero-order valence-electron chi connectivity index (χ0n) is 43.4. The van der Waals surface area contributed by atoms with Gasteiger partial charge in [0, 0.05) is 49.5 Å². The molecule has 0 radical (unpaired) electrons. The Morgan fingerprint density at radius 3 is 1.25 bits per heavy atom. The summed E-state index contributed by atoms with van der Waals surface area (Å²) in [5, 5.41) is 4.58. The number of hydrogen-bond acceptors (Lipinski definition) is 4. The van der Waals surface area contributed by atoms with Crippen molar-refractivity contribution in [3.63, 3.8) is 0 Å². The van der Waals surface area contributed by atoms with Crippen LogP contribution in [0.25, 0.3) is 150 Å². The number of furan rings is 1. The van der Waals surface area contributed by atoms with Crippen molar-refractivity contribution in [3.05, 3.63) is 291 Å². The van der Waals surface area contributed by atoms with E-state index in [2.05, 4.69) is 223 Å². The van der Waals surface area contributed by atoms with Crippen LogP contribution in [-0.2, 0) is 0 Å². The first-order chi connectivity index (χ1) is 39.6. The molecular weight excluding hydrogens is 973 g/mol. The molecule has 15 rings (SSSR count). The van der Waals surface area contributed by atoms with Crippen LogP contribution in [0.3, 0.4) is 0 Å². The fourth-order valence-corrected chi connectivity index (χ4v) is 11.5. The van der Waals surface area contributed by atoms with Gasteiger partial charge in [0.25, 0.3) is 0 Å². The van der Waals surface area contributed by atoms with E-state index in [1.54, 1.807) is 0 Å². The van der Waals surface area contributed by atoms with Crippen LogP contribution in [0, 0.1) is 0 Å². The van der Waals surface area contributed by atoms with E-state index in [1.807, 2.05) is 72.8 Å². The van der Waals surface area contributed by atoms with Crippen LogP contribution in [-0.4, -0.2) is 19.5 Å². The van der Waals surface area contributed by atoms with E-state index < -0.39 is 0 Å². The van der Waals surface area contributed by atoms with Gasteiger partial charge in [-0.15, -0.1) is 0 Å². The minimum absolute atomic E-state index is 0.599. The van der Waals surface area contributed by atoms with Crippen LogP contribution in [0.5, 0.6) is 0 Å². The number of benzene rings is 12. The van der Waals surface area contributed by atoms with Gasteiger partial charge in [-0.2, -0.15) is 0 Å². The third-order valence-corrected chi connectivity index (χ3v) is 15.4. The Balaban J connectivity index is 0.771. The van der Waals surface area contributed by atoms with Crippen LogP contribution in [0.2, 0.25) is 0 Å². The molecule has 0 fully saturated rings. The second-order valence-electron chi connectivity index (χ2n) is 20.4. The summed E-state index contributed by atoms with van der Waals surface area (Å²) in [7, 11) is 0. The molecule has 12 aromatic carbocycles. The molecule has 5 nitrogen and oxygen atoms in total. The predicted molar refractivity (Wildman–Crippen MR) is 330 cm³/mol. The maximum atomic E-state index is 6.73. The van der Waals surface area contributed by atoms with Gasteiger partial charge in [0.2, 0.25) is 0 Å². The van der Waals surface area contributed by atoms with E-state index in [-0.39, 0.29) is 0 Å². The van der Waals surface area contributed by atoms with Crippen molar-refractivity contribution < 1.29 is 4.42 Å². The minimum Gasteiger partial charge on any atom is -0.455 e. The van der Waals surface area contributed by atoms with Gasteiger partial charge in [-0.05, 0) is 134 Å². The SMILES string of the molecule is c1ccc(-c2cccc(-c3cccc(-c4ccc5c(c4)c4ccccc4n5-c4ccc(-c5cccc(-c6cc(-c7cccc(-c8nc(-c9ccccc9)nc(-c9ccccc9)n8)c7)c7oc8ccccc8c7c6)c5)cc4)c3)c2)cc1. The highest BCUT2D eigenvalue weighted by Crippen LogP contribution is 2.42. The van der Waals surface area contributed by atoms with Crippen molar-refractivity contribution in [3.8, 4) is 107 Å². The number of nitrogens with zero attached hydrogens (tertiary/aromatic N) is 4. The first kappa shape index (κ1) is 46.5. The lowest BCUT2D eigenvalue weighted by molar-refractivity contribution is 0.670. The molecule has 0 N–H and O–H groups in total. The molecule has 3 heterocycles. The number of hydrogen-bond donors (Lipinski definition) is 0. The molecule has 0 unspecified atom stereocenters. The third-order valence-electron chi connectivity index (χ3n) is 15.4. The first-order valence-electron chi connectivity index (χ1n) is 27.1. The normalized spacial score (nSPS) is 11.5. The summed E-state index contributed by atoms with van der Waals surface area (Å²) < 4.78 is 9.13. The molecule has 0 saturated carbocycles. The highest BCUT2D eigenvalue weighted by Gasteiger charge is 2.19. The number of aromatic nitrogens is 4. The van der Waals surface area contributed by atoms with Crippen molar-refractivity contribution in [2.75, 3.05) is 0 Å². The van der Waals surface area contributed by atoms with E-state index in [0.717, 1.165) is 77.7 Å². The second-order valence-corrected chi connectivity index (χ2v) is 20.4. The lowest BCUT2D eigenvalue weighted by Crippen LogP contribution is -2.00. The van der Waals surface area contributed by atoms with Gasteiger partial charge in [0.05, 0.1) is 11.0 Å². The number of fused-ring (bicyclic) bond motifs is 6. The Kier molecular flexibility index (Phi) is 11.4. The predicted octanol–water partition coefficient (Wildman–Crippen LogP) is 19.9. The fraction of sp³-hybridized carbons (Fsp3) is 0. The Morgan fingerprint density at radius 2 is 0.637 bits per heavy atom. The quantitative estimate of drug-likeness (QED) is 0.137. The summed E-state index contributed by atoms with van der Waals surface area (Å²) in [6.45, 7) is 0. The van der Waals surface area contributed by atoms with Crippen molar-refractivity contribution in [1.29, 1.82) is 0 Å². The summed E-state index contributed by atoms with van der Waals surface area (Å²) in [4.78, 5) is 15.1. The summed E-state index contributed by atoms with van der Waals surface area (Å²) in [5.74, 6) is 1.84. The summed E-state index contributed by atoms with van der Waals surface area (Å²) in [6, 6.07) is 103. The Hall–Kier alpha value is -10.8. The monoisotopic (exact) mass is 1020 g/mol. The van der Waals surface area contributed by atoms with E-state index in [0.29, 0.717) is 17.5 Å². The standard InChI is InChI=1S/C75H48N4O/c1-4-18-49(19-5-1)53-24-14-26-55(42-53)56-27-16-28-57(44-56)59-38-41-70-67(46-59)64-32-10-12-34-69(64)79(70)63-39-36-50(37-40-63)54-25-15-29-58(43-54)62-47-66(72-68(48-62)65-33-11-13-35-71(65)80-72)60-30-17-31-61(45-60)75-77-73(51-20-6-2-7-21-51)76-74(78-75)52-22-8-3-9-23-52/h1-48H. The van der Waals surface area contributed by atoms with Crippen molar-refractivity contribution >= 4 is 43.7 Å². The van der Waals surface area contributed by atoms with E-state index in [4.69, 9.17) is 19.4 Å². The van der Waals surface area contributed by atoms with E-state index >= 15 is 0 Å². The molecule has 0 atom stereocenters. The molecular formula is C75H48N4O. The van der Waals surface area contributed by atoms with Gasteiger partial charge in [-0.1, -0.05) is 218 Å². The van der Waals surface area contributed by atoms with Crippen molar-refractivity contribution in [1.82, 2.24) is 19.5 Å². The third kappa shape index (κ3) is 8.51. The number of para-hydroxylation sites is 2. The van der Waals surface area contributed by atoms with Crippen LogP contribution >= 0.6 is 0 Å². The summed E-state index contributed by atoms with van der Waals surface area (Å²) in [6.07, 6.45) is 0. The molecule has 0 aliphatic rings. The lowest BCUT2D eigenvalue weighted by Gasteiger charge is -2.12. The van der Waals surface area contributed by atoms with Crippen molar-refractivity contribution in [2.24, 2.45) is 0 Å². The molecule has 0 bridgehead atoms.